The van der Waals surface area contributed by atoms with Crippen LogP contribution in [0.5, 0.6) is 0 Å². The fourth-order valence-corrected chi connectivity index (χ4v) is 2.04. The Hall–Kier alpha value is -1.49. The highest BCUT2D eigenvalue weighted by Crippen LogP contribution is 2.31. The molecule has 90 valence electrons. The van der Waals surface area contributed by atoms with E-state index in [0.29, 0.717) is 6.07 Å². The van der Waals surface area contributed by atoms with Crippen molar-refractivity contribution in [1.29, 1.82) is 0 Å². The largest absolute Gasteiger partial charge is 0.308 e. The lowest BCUT2D eigenvalue weighted by atomic mass is 10.1. The van der Waals surface area contributed by atoms with Crippen molar-refractivity contribution in [3.05, 3.63) is 28.8 Å². The topological polar surface area (TPSA) is 37.4 Å². The molecule has 0 unspecified atom stereocenters. The van der Waals surface area contributed by atoms with Gasteiger partial charge in [0.2, 0.25) is 5.91 Å². The van der Waals surface area contributed by atoms with Crippen LogP contribution in [0.3, 0.4) is 0 Å². The molecule has 1 aliphatic rings. The molecule has 1 aromatic rings. The summed E-state index contributed by atoms with van der Waals surface area (Å²) in [6.07, 6.45) is -0.119. The number of Topliss-reactive ketones (excluding diaryl/α,β-unsaturated/α-hetero) is 1. The van der Waals surface area contributed by atoms with Gasteiger partial charge >= 0.3 is 0 Å². The molecular formula is C11H8ClF2NO2. The second-order valence-electron chi connectivity index (χ2n) is 3.73. The molecule has 1 aromatic carbocycles. The molecule has 2 rings (SSSR count). The summed E-state index contributed by atoms with van der Waals surface area (Å²) in [6, 6.07) is 1.59. The number of carbonyl (C=O) groups is 2. The predicted octanol–water partition coefficient (Wildman–Crippen LogP) is 2.31. The molecule has 1 saturated heterocycles. The molecule has 1 fully saturated rings. The molecule has 0 spiro atoms. The molecule has 1 aliphatic heterocycles. The van der Waals surface area contributed by atoms with E-state index in [1.54, 1.807) is 0 Å². The lowest BCUT2D eigenvalue weighted by Gasteiger charge is -2.27. The van der Waals surface area contributed by atoms with Crippen LogP contribution in [0.15, 0.2) is 12.1 Å². The summed E-state index contributed by atoms with van der Waals surface area (Å²) < 4.78 is 26.4. The molecule has 0 bridgehead atoms. The third-order valence-electron chi connectivity index (χ3n) is 2.52. The zero-order valence-corrected chi connectivity index (χ0v) is 9.43. The molecule has 0 aromatic heterocycles. The molecule has 17 heavy (non-hydrogen) atoms. The minimum atomic E-state index is -0.905. The first-order valence-electron chi connectivity index (χ1n) is 4.95. The Balaban J connectivity index is 2.40. The minimum absolute atomic E-state index is 0.0694. The van der Waals surface area contributed by atoms with Gasteiger partial charge < -0.3 is 4.90 Å². The van der Waals surface area contributed by atoms with E-state index in [1.807, 2.05) is 0 Å². The Morgan fingerprint density at radius 3 is 2.53 bits per heavy atom. The van der Waals surface area contributed by atoms with E-state index < -0.39 is 17.5 Å². The number of hydrogen-bond acceptors (Lipinski definition) is 2. The summed E-state index contributed by atoms with van der Waals surface area (Å²) in [5, 5.41) is -0.176. The van der Waals surface area contributed by atoms with Crippen LogP contribution in [0, 0.1) is 11.6 Å². The minimum Gasteiger partial charge on any atom is -0.308 e. The molecule has 3 nitrogen and oxygen atoms in total. The standard InChI is InChI=1S/C11H8ClF2NO2/c12-8-3-6(13)4-9(14)11(8)15-2-1-7(16)5-10(15)17/h3-4H,1-2,5H2. The van der Waals surface area contributed by atoms with E-state index in [2.05, 4.69) is 0 Å². The van der Waals surface area contributed by atoms with Crippen LogP contribution in [0.2, 0.25) is 5.02 Å². The number of rotatable bonds is 1. The van der Waals surface area contributed by atoms with Gasteiger partial charge in [0.25, 0.3) is 0 Å². The van der Waals surface area contributed by atoms with E-state index in [-0.39, 0.29) is 35.9 Å². The first kappa shape index (κ1) is 12.0. The van der Waals surface area contributed by atoms with Gasteiger partial charge in [-0.25, -0.2) is 8.78 Å². The Morgan fingerprint density at radius 2 is 1.94 bits per heavy atom. The smallest absolute Gasteiger partial charge is 0.234 e. The highest BCUT2D eigenvalue weighted by atomic mass is 35.5. The SMILES string of the molecule is O=C1CCN(c2c(F)cc(F)cc2Cl)C(=O)C1. The Morgan fingerprint density at radius 1 is 1.24 bits per heavy atom. The first-order chi connectivity index (χ1) is 7.99. The zero-order chi connectivity index (χ0) is 12.6. The highest BCUT2D eigenvalue weighted by Gasteiger charge is 2.28. The molecule has 1 amide bonds. The van der Waals surface area contributed by atoms with Gasteiger partial charge in [-0.15, -0.1) is 0 Å². The zero-order valence-electron chi connectivity index (χ0n) is 8.67. The summed E-state index contributed by atoms with van der Waals surface area (Å²) in [7, 11) is 0. The van der Waals surface area contributed by atoms with Gasteiger partial charge in [-0.3, -0.25) is 9.59 Å². The van der Waals surface area contributed by atoms with Crippen molar-refractivity contribution in [3.63, 3.8) is 0 Å². The molecule has 0 saturated carbocycles. The third-order valence-corrected chi connectivity index (χ3v) is 2.80. The van der Waals surface area contributed by atoms with Crippen LogP contribution >= 0.6 is 11.6 Å². The van der Waals surface area contributed by atoms with Crippen molar-refractivity contribution < 1.29 is 18.4 Å². The lowest BCUT2D eigenvalue weighted by Crippen LogP contribution is -2.39. The summed E-state index contributed by atoms with van der Waals surface area (Å²) in [6.45, 7) is 0.0694. The Bertz CT molecular complexity index is 481. The molecule has 1 heterocycles. The van der Waals surface area contributed by atoms with Crippen molar-refractivity contribution in [3.8, 4) is 0 Å². The van der Waals surface area contributed by atoms with Crippen LogP contribution < -0.4 is 4.90 Å². The summed E-state index contributed by atoms with van der Waals surface area (Å²) in [4.78, 5) is 23.7. The van der Waals surface area contributed by atoms with E-state index in [0.717, 1.165) is 11.0 Å². The maximum atomic E-state index is 13.6. The highest BCUT2D eigenvalue weighted by molar-refractivity contribution is 6.34. The maximum Gasteiger partial charge on any atom is 0.234 e. The van der Waals surface area contributed by atoms with E-state index in [1.165, 1.54) is 0 Å². The Kier molecular flexibility index (Phi) is 3.11. The summed E-state index contributed by atoms with van der Waals surface area (Å²) in [5.74, 6) is -2.42. The van der Waals surface area contributed by atoms with Gasteiger partial charge in [0.05, 0.1) is 17.1 Å². The van der Waals surface area contributed by atoms with Gasteiger partial charge in [0.1, 0.15) is 11.6 Å². The summed E-state index contributed by atoms with van der Waals surface area (Å²) >= 11 is 5.71. The molecule has 0 atom stereocenters. The molecule has 0 N–H and O–H groups in total. The fourth-order valence-electron chi connectivity index (χ4n) is 1.74. The number of hydrogen-bond donors (Lipinski definition) is 0. The van der Waals surface area contributed by atoms with Crippen LogP contribution in [-0.4, -0.2) is 18.2 Å². The number of carbonyl (C=O) groups excluding carboxylic acids is 2. The van der Waals surface area contributed by atoms with Crippen LogP contribution in [0.1, 0.15) is 12.8 Å². The molecular weight excluding hydrogens is 252 g/mol. The van der Waals surface area contributed by atoms with Crippen molar-refractivity contribution in [2.45, 2.75) is 12.8 Å². The van der Waals surface area contributed by atoms with E-state index >= 15 is 0 Å². The van der Waals surface area contributed by atoms with Crippen LogP contribution in [-0.2, 0) is 9.59 Å². The normalized spacial score (nSPS) is 16.5. The number of ketones is 1. The van der Waals surface area contributed by atoms with Gasteiger partial charge in [-0.1, -0.05) is 11.6 Å². The number of piperidine rings is 1. The second-order valence-corrected chi connectivity index (χ2v) is 4.14. The number of anilines is 1. The Labute approximate surface area is 101 Å². The van der Waals surface area contributed by atoms with Crippen molar-refractivity contribution >= 4 is 29.0 Å². The van der Waals surface area contributed by atoms with E-state index in [9.17, 15) is 18.4 Å². The molecule has 6 heteroatoms. The van der Waals surface area contributed by atoms with Crippen molar-refractivity contribution in [2.24, 2.45) is 0 Å². The average Bonchev–Trinajstić information content (AvgIpc) is 2.19. The third kappa shape index (κ3) is 2.29. The van der Waals surface area contributed by atoms with Crippen molar-refractivity contribution in [2.75, 3.05) is 11.4 Å². The summed E-state index contributed by atoms with van der Waals surface area (Å²) in [5.41, 5.74) is -0.162. The van der Waals surface area contributed by atoms with Crippen molar-refractivity contribution in [1.82, 2.24) is 0 Å². The van der Waals surface area contributed by atoms with Gasteiger partial charge in [0, 0.05) is 19.0 Å². The van der Waals surface area contributed by atoms with Gasteiger partial charge in [0.15, 0.2) is 5.82 Å². The lowest BCUT2D eigenvalue weighted by molar-refractivity contribution is -0.128. The molecule has 0 aliphatic carbocycles. The second kappa shape index (κ2) is 4.41. The van der Waals surface area contributed by atoms with Crippen LogP contribution in [0.25, 0.3) is 0 Å². The number of amides is 1. The maximum absolute atomic E-state index is 13.6. The number of benzene rings is 1. The predicted molar refractivity (Wildman–Crippen MR) is 58.0 cm³/mol. The average molecular weight is 260 g/mol. The van der Waals surface area contributed by atoms with Crippen LogP contribution in [0.4, 0.5) is 14.5 Å². The quantitative estimate of drug-likeness (QED) is 0.726. The monoisotopic (exact) mass is 259 g/mol. The number of nitrogens with zero attached hydrogens (tertiary/aromatic N) is 1. The van der Waals surface area contributed by atoms with Gasteiger partial charge in [-0.2, -0.15) is 0 Å². The first-order valence-corrected chi connectivity index (χ1v) is 5.33. The van der Waals surface area contributed by atoms with E-state index in [4.69, 9.17) is 11.6 Å². The fraction of sp³-hybridized carbons (Fsp3) is 0.273. The number of halogens is 3. The van der Waals surface area contributed by atoms with Gasteiger partial charge in [-0.05, 0) is 6.07 Å². The molecule has 0 radical (unpaired) electrons.